The summed E-state index contributed by atoms with van der Waals surface area (Å²) in [5, 5.41) is 0. The van der Waals surface area contributed by atoms with Crippen LogP contribution in [-0.2, 0) is 4.79 Å². The molecule has 0 saturated heterocycles. The van der Waals surface area contributed by atoms with Crippen LogP contribution in [0.4, 0.5) is 0 Å². The lowest BCUT2D eigenvalue weighted by Crippen LogP contribution is -2.33. The molecule has 1 aliphatic rings. The monoisotopic (exact) mass is 211 g/mol. The van der Waals surface area contributed by atoms with Crippen molar-refractivity contribution in [1.29, 1.82) is 0 Å². The second kappa shape index (κ2) is 5.11. The van der Waals surface area contributed by atoms with E-state index < -0.39 is 0 Å². The number of hydrogen-bond donors (Lipinski definition) is 0. The van der Waals surface area contributed by atoms with Crippen LogP contribution in [0.15, 0.2) is 0 Å². The number of ketones is 1. The first-order valence-electron chi connectivity index (χ1n) is 6.15. The largest absolute Gasteiger partial charge is 0.303 e. The Morgan fingerprint density at radius 2 is 1.80 bits per heavy atom. The molecule has 0 aromatic heterocycles. The lowest BCUT2D eigenvalue weighted by atomic mass is 9.89. The third kappa shape index (κ3) is 3.94. The van der Waals surface area contributed by atoms with Crippen LogP contribution < -0.4 is 0 Å². The molecule has 0 radical (unpaired) electrons. The van der Waals surface area contributed by atoms with Gasteiger partial charge in [0.25, 0.3) is 0 Å². The van der Waals surface area contributed by atoms with Gasteiger partial charge < -0.3 is 4.90 Å². The highest BCUT2D eigenvalue weighted by Crippen LogP contribution is 2.23. The first-order valence-corrected chi connectivity index (χ1v) is 6.15. The van der Waals surface area contributed by atoms with Gasteiger partial charge in [-0.3, -0.25) is 4.79 Å². The molecule has 2 heteroatoms. The van der Waals surface area contributed by atoms with Crippen LogP contribution in [0.5, 0.6) is 0 Å². The van der Waals surface area contributed by atoms with Crippen LogP contribution in [-0.4, -0.2) is 30.3 Å². The van der Waals surface area contributed by atoms with Gasteiger partial charge in [0.05, 0.1) is 0 Å². The van der Waals surface area contributed by atoms with Crippen LogP contribution in [0.2, 0.25) is 0 Å². The van der Waals surface area contributed by atoms with Crippen molar-refractivity contribution in [2.75, 3.05) is 13.6 Å². The molecule has 1 aliphatic carbocycles. The van der Waals surface area contributed by atoms with Gasteiger partial charge in [0.2, 0.25) is 0 Å². The highest BCUT2D eigenvalue weighted by molar-refractivity contribution is 5.83. The molecule has 0 unspecified atom stereocenters. The maximum absolute atomic E-state index is 11.8. The van der Waals surface area contributed by atoms with E-state index in [2.05, 4.69) is 11.9 Å². The Morgan fingerprint density at radius 1 is 1.27 bits per heavy atom. The van der Waals surface area contributed by atoms with Gasteiger partial charge in [-0.25, -0.2) is 0 Å². The van der Waals surface area contributed by atoms with Gasteiger partial charge in [0.15, 0.2) is 0 Å². The van der Waals surface area contributed by atoms with Crippen molar-refractivity contribution in [2.45, 2.75) is 58.9 Å². The second-order valence-electron chi connectivity index (χ2n) is 5.84. The summed E-state index contributed by atoms with van der Waals surface area (Å²) >= 11 is 0. The summed E-state index contributed by atoms with van der Waals surface area (Å²) < 4.78 is 0. The number of hydrogen-bond acceptors (Lipinski definition) is 2. The maximum Gasteiger partial charge on any atom is 0.139 e. The summed E-state index contributed by atoms with van der Waals surface area (Å²) in [6.07, 6.45) is 6.07. The predicted molar refractivity (Wildman–Crippen MR) is 64.0 cm³/mol. The van der Waals surface area contributed by atoms with Crippen molar-refractivity contribution in [3.63, 3.8) is 0 Å². The first kappa shape index (κ1) is 12.7. The van der Waals surface area contributed by atoms with Crippen LogP contribution in [0.3, 0.4) is 0 Å². The Balaban J connectivity index is 2.27. The summed E-state index contributed by atoms with van der Waals surface area (Å²) in [4.78, 5) is 14.1. The van der Waals surface area contributed by atoms with E-state index in [1.54, 1.807) is 0 Å². The second-order valence-corrected chi connectivity index (χ2v) is 5.84. The van der Waals surface area contributed by atoms with E-state index in [0.29, 0.717) is 12.2 Å². The Bertz CT molecular complexity index is 211. The van der Waals surface area contributed by atoms with Gasteiger partial charge in [-0.2, -0.15) is 0 Å². The molecule has 2 nitrogen and oxygen atoms in total. The molecule has 1 rings (SSSR count). The SMILES string of the molecule is CN(CCC(=O)C(C)(C)C)C1CCCC1. The molecule has 0 amide bonds. The van der Waals surface area contributed by atoms with Gasteiger partial charge >= 0.3 is 0 Å². The standard InChI is InChI=1S/C13H25NO/c1-13(2,3)12(15)9-10-14(4)11-7-5-6-8-11/h11H,5-10H2,1-4H3. The number of carbonyl (C=O) groups excluding carboxylic acids is 1. The Morgan fingerprint density at radius 3 is 2.27 bits per heavy atom. The van der Waals surface area contributed by atoms with Crippen molar-refractivity contribution in [2.24, 2.45) is 5.41 Å². The minimum atomic E-state index is -0.170. The molecule has 1 saturated carbocycles. The molecular weight excluding hydrogens is 186 g/mol. The van der Waals surface area contributed by atoms with E-state index in [4.69, 9.17) is 0 Å². The van der Waals surface area contributed by atoms with E-state index >= 15 is 0 Å². The summed E-state index contributed by atoms with van der Waals surface area (Å²) in [6, 6.07) is 0.734. The first-order chi connectivity index (χ1) is 6.91. The summed E-state index contributed by atoms with van der Waals surface area (Å²) in [7, 11) is 2.16. The average molecular weight is 211 g/mol. The number of carbonyl (C=O) groups is 1. The smallest absolute Gasteiger partial charge is 0.139 e. The molecule has 0 N–H and O–H groups in total. The molecule has 0 aliphatic heterocycles. The van der Waals surface area contributed by atoms with E-state index in [-0.39, 0.29) is 5.41 Å². The number of rotatable bonds is 4. The zero-order chi connectivity index (χ0) is 11.5. The summed E-state index contributed by atoms with van der Waals surface area (Å²) in [6.45, 7) is 6.95. The normalized spacial score (nSPS) is 18.7. The van der Waals surface area contributed by atoms with Crippen LogP contribution in [0, 0.1) is 5.41 Å². The van der Waals surface area contributed by atoms with Crippen molar-refractivity contribution in [3.05, 3.63) is 0 Å². The van der Waals surface area contributed by atoms with Crippen molar-refractivity contribution in [3.8, 4) is 0 Å². The van der Waals surface area contributed by atoms with Gasteiger partial charge in [-0.1, -0.05) is 33.6 Å². The maximum atomic E-state index is 11.8. The van der Waals surface area contributed by atoms with Crippen LogP contribution in [0.1, 0.15) is 52.9 Å². The van der Waals surface area contributed by atoms with E-state index in [1.165, 1.54) is 25.7 Å². The van der Waals surface area contributed by atoms with Crippen molar-refractivity contribution < 1.29 is 4.79 Å². The van der Waals surface area contributed by atoms with Gasteiger partial charge in [0, 0.05) is 24.4 Å². The summed E-state index contributed by atoms with van der Waals surface area (Å²) in [5.41, 5.74) is -0.170. The fourth-order valence-electron chi connectivity index (χ4n) is 2.18. The Kier molecular flexibility index (Phi) is 4.32. The van der Waals surface area contributed by atoms with E-state index in [0.717, 1.165) is 12.6 Å². The third-order valence-electron chi connectivity index (χ3n) is 3.48. The molecule has 15 heavy (non-hydrogen) atoms. The highest BCUT2D eigenvalue weighted by atomic mass is 16.1. The van der Waals surface area contributed by atoms with Crippen molar-refractivity contribution >= 4 is 5.78 Å². The minimum absolute atomic E-state index is 0.170. The van der Waals surface area contributed by atoms with Gasteiger partial charge in [-0.15, -0.1) is 0 Å². The molecule has 0 bridgehead atoms. The molecule has 0 heterocycles. The fraction of sp³-hybridized carbons (Fsp3) is 0.923. The van der Waals surface area contributed by atoms with Gasteiger partial charge in [-0.05, 0) is 19.9 Å². The lowest BCUT2D eigenvalue weighted by molar-refractivity contribution is -0.126. The lowest BCUT2D eigenvalue weighted by Gasteiger charge is -2.25. The molecule has 0 aromatic rings. The zero-order valence-corrected chi connectivity index (χ0v) is 10.7. The fourth-order valence-corrected chi connectivity index (χ4v) is 2.18. The molecule has 0 spiro atoms. The Hall–Kier alpha value is -0.370. The average Bonchev–Trinajstić information content (AvgIpc) is 2.64. The summed E-state index contributed by atoms with van der Waals surface area (Å²) in [5.74, 6) is 0.382. The molecule has 1 fully saturated rings. The molecule has 0 aromatic carbocycles. The topological polar surface area (TPSA) is 20.3 Å². The van der Waals surface area contributed by atoms with Crippen LogP contribution in [0.25, 0.3) is 0 Å². The minimum Gasteiger partial charge on any atom is -0.303 e. The highest BCUT2D eigenvalue weighted by Gasteiger charge is 2.23. The Labute approximate surface area is 94.0 Å². The molecular formula is C13H25NO. The number of nitrogens with zero attached hydrogens (tertiary/aromatic N) is 1. The predicted octanol–water partition coefficient (Wildman–Crippen LogP) is 2.87. The van der Waals surface area contributed by atoms with Crippen LogP contribution >= 0.6 is 0 Å². The van der Waals surface area contributed by atoms with E-state index in [1.807, 2.05) is 20.8 Å². The third-order valence-corrected chi connectivity index (χ3v) is 3.48. The van der Waals surface area contributed by atoms with E-state index in [9.17, 15) is 4.79 Å². The zero-order valence-electron chi connectivity index (χ0n) is 10.7. The quantitative estimate of drug-likeness (QED) is 0.712. The van der Waals surface area contributed by atoms with Crippen molar-refractivity contribution in [1.82, 2.24) is 4.90 Å². The molecule has 88 valence electrons. The number of Topliss-reactive ketones (excluding diaryl/α,β-unsaturated/α-hetero) is 1. The van der Waals surface area contributed by atoms with Gasteiger partial charge in [0.1, 0.15) is 5.78 Å². The molecule has 0 atom stereocenters.